The van der Waals surface area contributed by atoms with Crippen LogP contribution < -0.4 is 0 Å². The van der Waals surface area contributed by atoms with E-state index in [1.54, 1.807) is 30.3 Å². The molecule has 6 nitrogen and oxygen atoms in total. The van der Waals surface area contributed by atoms with Gasteiger partial charge in [-0.05, 0) is 6.07 Å². The Morgan fingerprint density at radius 1 is 1.19 bits per heavy atom. The molecule has 0 amide bonds. The van der Waals surface area contributed by atoms with E-state index in [0.717, 1.165) is 0 Å². The highest BCUT2D eigenvalue weighted by molar-refractivity contribution is 5.95. The van der Waals surface area contributed by atoms with Crippen LogP contribution in [-0.2, 0) is 15.3 Å². The molecular weight excluding hydrogens is 274 g/mol. The van der Waals surface area contributed by atoms with Crippen LogP contribution >= 0.6 is 0 Å². The van der Waals surface area contributed by atoms with Crippen LogP contribution in [0.5, 0.6) is 0 Å². The number of carbonyl (C=O) groups excluding carboxylic acids is 1. The van der Waals surface area contributed by atoms with Gasteiger partial charge < -0.3 is 9.47 Å². The van der Waals surface area contributed by atoms with E-state index in [4.69, 9.17) is 9.47 Å². The Hall–Kier alpha value is -2.73. The van der Waals surface area contributed by atoms with E-state index in [0.29, 0.717) is 16.7 Å². The first-order valence-corrected chi connectivity index (χ1v) is 6.21. The van der Waals surface area contributed by atoms with Crippen molar-refractivity contribution in [3.63, 3.8) is 0 Å². The fourth-order valence-corrected chi connectivity index (χ4v) is 2.50. The van der Waals surface area contributed by atoms with Crippen LogP contribution in [0.2, 0.25) is 0 Å². The van der Waals surface area contributed by atoms with Crippen molar-refractivity contribution in [2.75, 3.05) is 7.11 Å². The highest BCUT2D eigenvalue weighted by atomic mass is 16.7. The number of methoxy groups -OCH3 is 1. The third kappa shape index (κ3) is 1.88. The highest BCUT2D eigenvalue weighted by Crippen LogP contribution is 2.43. The summed E-state index contributed by atoms with van der Waals surface area (Å²) in [7, 11) is 1.40. The van der Waals surface area contributed by atoms with Gasteiger partial charge in [-0.2, -0.15) is 0 Å². The first-order chi connectivity index (χ1) is 10.1. The maximum Gasteiger partial charge on any atom is 0.341 e. The summed E-state index contributed by atoms with van der Waals surface area (Å²) < 4.78 is 10.9. The van der Waals surface area contributed by atoms with Gasteiger partial charge in [-0.25, -0.2) is 4.79 Å². The number of nitrogens with zero attached hydrogens (tertiary/aromatic N) is 1. The van der Waals surface area contributed by atoms with Crippen molar-refractivity contribution in [3.05, 3.63) is 75.3 Å². The third-order valence-electron chi connectivity index (χ3n) is 3.46. The number of benzene rings is 2. The van der Waals surface area contributed by atoms with Crippen molar-refractivity contribution in [3.8, 4) is 0 Å². The van der Waals surface area contributed by atoms with E-state index in [2.05, 4.69) is 0 Å². The number of rotatable bonds is 3. The summed E-state index contributed by atoms with van der Waals surface area (Å²) in [5, 5.41) is 10.9. The van der Waals surface area contributed by atoms with Gasteiger partial charge >= 0.3 is 5.97 Å². The van der Waals surface area contributed by atoms with E-state index in [1.807, 2.05) is 0 Å². The van der Waals surface area contributed by atoms with Gasteiger partial charge in [0.2, 0.25) is 0 Å². The lowest BCUT2D eigenvalue weighted by Gasteiger charge is -2.27. The highest BCUT2D eigenvalue weighted by Gasteiger charge is 2.48. The quantitative estimate of drug-likeness (QED) is 0.492. The SMILES string of the molecule is COC1(c2cccc([N+](=O)[O-])c2)OC(=O)c2ccccc21. The third-order valence-corrected chi connectivity index (χ3v) is 3.46. The molecule has 0 radical (unpaired) electrons. The molecule has 1 unspecified atom stereocenters. The van der Waals surface area contributed by atoms with Gasteiger partial charge in [-0.1, -0.05) is 30.3 Å². The minimum atomic E-state index is -1.44. The second-order valence-corrected chi connectivity index (χ2v) is 4.56. The van der Waals surface area contributed by atoms with Gasteiger partial charge in [0.1, 0.15) is 0 Å². The van der Waals surface area contributed by atoms with E-state index in [1.165, 1.54) is 25.3 Å². The fraction of sp³-hybridized carbons (Fsp3) is 0.133. The average Bonchev–Trinajstić information content (AvgIpc) is 2.81. The van der Waals surface area contributed by atoms with Crippen LogP contribution in [0.3, 0.4) is 0 Å². The summed E-state index contributed by atoms with van der Waals surface area (Å²) in [4.78, 5) is 22.4. The number of ether oxygens (including phenoxy) is 2. The largest absolute Gasteiger partial charge is 0.420 e. The first-order valence-electron chi connectivity index (χ1n) is 6.21. The van der Waals surface area contributed by atoms with Gasteiger partial charge in [0.15, 0.2) is 0 Å². The lowest BCUT2D eigenvalue weighted by atomic mass is 9.95. The standard InChI is InChI=1S/C15H11NO5/c1-20-15(10-5-4-6-11(9-10)16(18)19)13-8-3-2-7-12(13)14(17)21-15/h2-9H,1H3. The number of esters is 1. The molecule has 0 spiro atoms. The number of nitro benzene ring substituents is 1. The Labute approximate surface area is 120 Å². The lowest BCUT2D eigenvalue weighted by molar-refractivity contribution is -0.385. The molecule has 0 fully saturated rings. The maximum absolute atomic E-state index is 12.0. The molecule has 1 aliphatic rings. The Balaban J connectivity index is 2.21. The average molecular weight is 285 g/mol. The second-order valence-electron chi connectivity index (χ2n) is 4.56. The maximum atomic E-state index is 12.0. The van der Waals surface area contributed by atoms with Gasteiger partial charge in [0.25, 0.3) is 11.5 Å². The normalized spacial score (nSPS) is 20.0. The van der Waals surface area contributed by atoms with Crippen molar-refractivity contribution < 1.29 is 19.2 Å². The number of carbonyl (C=O) groups is 1. The molecule has 0 N–H and O–H groups in total. The zero-order valence-electron chi connectivity index (χ0n) is 11.1. The van der Waals surface area contributed by atoms with Crippen molar-refractivity contribution >= 4 is 11.7 Å². The van der Waals surface area contributed by atoms with Crippen LogP contribution in [0.1, 0.15) is 21.5 Å². The fourth-order valence-electron chi connectivity index (χ4n) is 2.50. The molecule has 0 saturated heterocycles. The van der Waals surface area contributed by atoms with Gasteiger partial charge in [-0.3, -0.25) is 10.1 Å². The molecule has 1 aliphatic heterocycles. The molecule has 106 valence electrons. The number of cyclic esters (lactones) is 1. The molecule has 0 bridgehead atoms. The van der Waals surface area contributed by atoms with Crippen molar-refractivity contribution in [2.24, 2.45) is 0 Å². The van der Waals surface area contributed by atoms with Crippen LogP contribution in [0.25, 0.3) is 0 Å². The second kappa shape index (κ2) is 4.68. The molecule has 1 atom stereocenters. The molecule has 0 saturated carbocycles. The predicted octanol–water partition coefficient (Wildman–Crippen LogP) is 2.61. The molecule has 3 rings (SSSR count). The smallest absolute Gasteiger partial charge is 0.341 e. The summed E-state index contributed by atoms with van der Waals surface area (Å²) in [6.07, 6.45) is 0. The van der Waals surface area contributed by atoms with Gasteiger partial charge in [0.05, 0.1) is 10.5 Å². The monoisotopic (exact) mass is 285 g/mol. The summed E-state index contributed by atoms with van der Waals surface area (Å²) in [6, 6.07) is 12.7. The van der Waals surface area contributed by atoms with Crippen LogP contribution in [-0.4, -0.2) is 18.0 Å². The zero-order chi connectivity index (χ0) is 15.0. The van der Waals surface area contributed by atoms with Crippen LogP contribution in [0, 0.1) is 10.1 Å². The molecule has 21 heavy (non-hydrogen) atoms. The van der Waals surface area contributed by atoms with E-state index >= 15 is 0 Å². The Bertz CT molecular complexity index is 742. The number of non-ortho nitro benzene ring substituents is 1. The predicted molar refractivity (Wildman–Crippen MR) is 72.7 cm³/mol. The van der Waals surface area contributed by atoms with Gasteiger partial charge in [-0.15, -0.1) is 0 Å². The lowest BCUT2D eigenvalue weighted by Crippen LogP contribution is -2.30. The number of hydrogen-bond donors (Lipinski definition) is 0. The number of hydrogen-bond acceptors (Lipinski definition) is 5. The van der Waals surface area contributed by atoms with Gasteiger partial charge in [0, 0.05) is 30.4 Å². The minimum Gasteiger partial charge on any atom is -0.420 e. The van der Waals surface area contributed by atoms with E-state index in [9.17, 15) is 14.9 Å². The summed E-state index contributed by atoms with van der Waals surface area (Å²) in [5.74, 6) is -1.96. The molecule has 2 aromatic carbocycles. The topological polar surface area (TPSA) is 78.7 Å². The van der Waals surface area contributed by atoms with E-state index in [-0.39, 0.29) is 5.69 Å². The summed E-state index contributed by atoms with van der Waals surface area (Å²) in [5.41, 5.74) is 1.24. The Kier molecular flexibility index (Phi) is 2.95. The molecule has 0 aliphatic carbocycles. The minimum absolute atomic E-state index is 0.0932. The van der Waals surface area contributed by atoms with E-state index < -0.39 is 16.7 Å². The molecule has 6 heteroatoms. The number of nitro groups is 1. The van der Waals surface area contributed by atoms with Crippen LogP contribution in [0.15, 0.2) is 48.5 Å². The molecule has 0 aromatic heterocycles. The molecule has 2 aromatic rings. The zero-order valence-corrected chi connectivity index (χ0v) is 11.1. The van der Waals surface area contributed by atoms with Crippen molar-refractivity contribution in [1.82, 2.24) is 0 Å². The first kappa shape index (κ1) is 13.3. The van der Waals surface area contributed by atoms with Crippen molar-refractivity contribution in [1.29, 1.82) is 0 Å². The molecule has 1 heterocycles. The Morgan fingerprint density at radius 2 is 1.95 bits per heavy atom. The molecular formula is C15H11NO5. The van der Waals surface area contributed by atoms with Crippen molar-refractivity contribution in [2.45, 2.75) is 5.79 Å². The van der Waals surface area contributed by atoms with Crippen LogP contribution in [0.4, 0.5) is 5.69 Å². The summed E-state index contributed by atoms with van der Waals surface area (Å²) in [6.45, 7) is 0. The number of fused-ring (bicyclic) bond motifs is 1. The Morgan fingerprint density at radius 3 is 2.67 bits per heavy atom. The summed E-state index contributed by atoms with van der Waals surface area (Å²) >= 11 is 0.